The summed E-state index contributed by atoms with van der Waals surface area (Å²) in [6.07, 6.45) is 4.91. The number of carbonyl (C=O) groups is 1. The van der Waals surface area contributed by atoms with Crippen molar-refractivity contribution in [1.29, 1.82) is 0 Å². The smallest absolute Gasteiger partial charge is 0.263 e. The number of pyridine rings is 1. The van der Waals surface area contributed by atoms with Gasteiger partial charge in [-0.3, -0.25) is 9.78 Å². The standard InChI is InChI=1S/C20H16N2O2/c23-18(13-6-2-5-11-16-9-3-1-4-10-16)20-22-15-19(24-20)17-12-7-8-14-21-17/h1,3-4,7-10,12,14-15H,2,6,13H2. The number of aromatic nitrogens is 2. The molecule has 0 aliphatic carbocycles. The van der Waals surface area contributed by atoms with Crippen molar-refractivity contribution in [3.63, 3.8) is 0 Å². The third-order valence-corrected chi connectivity index (χ3v) is 3.37. The van der Waals surface area contributed by atoms with Crippen molar-refractivity contribution in [3.05, 3.63) is 72.4 Å². The third-order valence-electron chi connectivity index (χ3n) is 3.37. The second-order valence-electron chi connectivity index (χ2n) is 5.19. The van der Waals surface area contributed by atoms with E-state index < -0.39 is 0 Å². The van der Waals surface area contributed by atoms with Crippen LogP contribution in [0.25, 0.3) is 11.5 Å². The molecule has 2 heterocycles. The Bertz CT molecular complexity index is 859. The van der Waals surface area contributed by atoms with Crippen LogP contribution in [0.3, 0.4) is 0 Å². The van der Waals surface area contributed by atoms with Gasteiger partial charge in [-0.15, -0.1) is 0 Å². The lowest BCUT2D eigenvalue weighted by Gasteiger charge is -1.95. The van der Waals surface area contributed by atoms with E-state index >= 15 is 0 Å². The van der Waals surface area contributed by atoms with E-state index in [2.05, 4.69) is 21.8 Å². The zero-order valence-electron chi connectivity index (χ0n) is 13.1. The predicted molar refractivity (Wildman–Crippen MR) is 91.2 cm³/mol. The molecule has 0 saturated heterocycles. The van der Waals surface area contributed by atoms with Crippen LogP contribution in [0.1, 0.15) is 35.5 Å². The Morgan fingerprint density at radius 1 is 1.04 bits per heavy atom. The van der Waals surface area contributed by atoms with Crippen molar-refractivity contribution in [1.82, 2.24) is 9.97 Å². The number of ketones is 1. The van der Waals surface area contributed by atoms with Gasteiger partial charge in [-0.25, -0.2) is 4.98 Å². The molecular formula is C20H16N2O2. The van der Waals surface area contributed by atoms with E-state index in [0.717, 1.165) is 5.56 Å². The first kappa shape index (κ1) is 15.7. The largest absolute Gasteiger partial charge is 0.432 e. The Morgan fingerprint density at radius 2 is 1.88 bits per heavy atom. The van der Waals surface area contributed by atoms with Crippen molar-refractivity contribution in [3.8, 4) is 23.3 Å². The Labute approximate surface area is 140 Å². The van der Waals surface area contributed by atoms with Crippen molar-refractivity contribution in [2.45, 2.75) is 19.3 Å². The first-order chi connectivity index (χ1) is 11.8. The maximum absolute atomic E-state index is 12.1. The molecule has 0 amide bonds. The number of unbranched alkanes of at least 4 members (excludes halogenated alkanes) is 1. The van der Waals surface area contributed by atoms with Crippen molar-refractivity contribution in [2.75, 3.05) is 0 Å². The SMILES string of the molecule is O=C(CCCC#Cc1ccccc1)c1ncc(-c2ccccn2)o1. The van der Waals surface area contributed by atoms with Crippen molar-refractivity contribution in [2.24, 2.45) is 0 Å². The van der Waals surface area contributed by atoms with Crippen LogP contribution in [-0.2, 0) is 0 Å². The summed E-state index contributed by atoms with van der Waals surface area (Å²) in [5, 5.41) is 0. The predicted octanol–water partition coefficient (Wildman–Crippen LogP) is 4.14. The third kappa shape index (κ3) is 4.17. The highest BCUT2D eigenvalue weighted by molar-refractivity contribution is 5.91. The molecule has 0 aliphatic rings. The molecule has 3 aromatic rings. The molecule has 0 spiro atoms. The summed E-state index contributed by atoms with van der Waals surface area (Å²) in [5.41, 5.74) is 1.65. The minimum absolute atomic E-state index is 0.112. The van der Waals surface area contributed by atoms with Crippen LogP contribution in [0, 0.1) is 11.8 Å². The second-order valence-corrected chi connectivity index (χ2v) is 5.19. The highest BCUT2D eigenvalue weighted by Gasteiger charge is 2.14. The Morgan fingerprint density at radius 3 is 2.67 bits per heavy atom. The lowest BCUT2D eigenvalue weighted by molar-refractivity contribution is 0.0948. The summed E-state index contributed by atoms with van der Waals surface area (Å²) in [5.74, 6) is 6.67. The first-order valence-electron chi connectivity index (χ1n) is 7.77. The van der Waals surface area contributed by atoms with Crippen LogP contribution in [0.15, 0.2) is 65.3 Å². The molecule has 1 aromatic carbocycles. The van der Waals surface area contributed by atoms with Crippen molar-refractivity contribution >= 4 is 5.78 Å². The quantitative estimate of drug-likeness (QED) is 0.403. The average molecular weight is 316 g/mol. The van der Waals surface area contributed by atoms with Gasteiger partial charge in [0, 0.05) is 24.6 Å². The van der Waals surface area contributed by atoms with E-state index in [1.54, 1.807) is 6.20 Å². The fourth-order valence-corrected chi connectivity index (χ4v) is 2.16. The number of nitrogens with zero attached hydrogens (tertiary/aromatic N) is 2. The van der Waals surface area contributed by atoms with E-state index in [4.69, 9.17) is 4.42 Å². The van der Waals surface area contributed by atoms with Gasteiger partial charge in [-0.05, 0) is 30.7 Å². The van der Waals surface area contributed by atoms with Gasteiger partial charge in [0.15, 0.2) is 5.76 Å². The lowest BCUT2D eigenvalue weighted by Crippen LogP contribution is -1.98. The topological polar surface area (TPSA) is 56.0 Å². The van der Waals surface area contributed by atoms with Gasteiger partial charge < -0.3 is 4.42 Å². The number of hydrogen-bond acceptors (Lipinski definition) is 4. The molecule has 0 unspecified atom stereocenters. The first-order valence-corrected chi connectivity index (χ1v) is 7.77. The molecule has 2 aromatic heterocycles. The molecule has 0 bridgehead atoms. The molecule has 0 N–H and O–H groups in total. The van der Waals surface area contributed by atoms with E-state index in [9.17, 15) is 4.79 Å². The average Bonchev–Trinajstić information content (AvgIpc) is 3.13. The zero-order valence-corrected chi connectivity index (χ0v) is 13.1. The number of rotatable bonds is 5. The molecule has 4 heteroatoms. The maximum atomic E-state index is 12.1. The van der Waals surface area contributed by atoms with Gasteiger partial charge in [0.2, 0.25) is 5.78 Å². The van der Waals surface area contributed by atoms with E-state index in [-0.39, 0.29) is 11.7 Å². The fourth-order valence-electron chi connectivity index (χ4n) is 2.16. The number of carbonyl (C=O) groups excluding carboxylic acids is 1. The van der Waals surface area contributed by atoms with Gasteiger partial charge in [-0.2, -0.15) is 0 Å². The molecule has 0 fully saturated rings. The van der Waals surface area contributed by atoms with E-state index in [1.807, 2.05) is 48.5 Å². The molecule has 0 saturated carbocycles. The van der Waals surface area contributed by atoms with Crippen LogP contribution < -0.4 is 0 Å². The van der Waals surface area contributed by atoms with Crippen molar-refractivity contribution < 1.29 is 9.21 Å². The van der Waals surface area contributed by atoms with Gasteiger partial charge in [-0.1, -0.05) is 36.1 Å². The number of hydrogen-bond donors (Lipinski definition) is 0. The Kier molecular flexibility index (Phi) is 5.16. The van der Waals surface area contributed by atoms with E-state index in [1.165, 1.54) is 6.20 Å². The second kappa shape index (κ2) is 7.89. The summed E-state index contributed by atoms with van der Waals surface area (Å²) in [6, 6.07) is 15.3. The van der Waals surface area contributed by atoms with Crippen LogP contribution >= 0.6 is 0 Å². The molecule has 0 atom stereocenters. The summed E-state index contributed by atoms with van der Waals surface area (Å²) >= 11 is 0. The fraction of sp³-hybridized carbons (Fsp3) is 0.150. The molecule has 3 rings (SSSR count). The number of Topliss-reactive ketones (excluding diaryl/α,β-unsaturated/α-hetero) is 1. The van der Waals surface area contributed by atoms with Crippen LogP contribution in [0.5, 0.6) is 0 Å². The molecular weight excluding hydrogens is 300 g/mol. The molecule has 0 aliphatic heterocycles. The van der Waals surface area contributed by atoms with E-state index in [0.29, 0.717) is 30.7 Å². The zero-order chi connectivity index (χ0) is 16.6. The summed E-state index contributed by atoms with van der Waals surface area (Å²) < 4.78 is 5.50. The van der Waals surface area contributed by atoms with Crippen LogP contribution in [0.2, 0.25) is 0 Å². The van der Waals surface area contributed by atoms with Crippen LogP contribution in [-0.4, -0.2) is 15.8 Å². The Balaban J connectivity index is 1.51. The summed E-state index contributed by atoms with van der Waals surface area (Å²) in [6.45, 7) is 0. The number of oxazole rings is 1. The van der Waals surface area contributed by atoms with Gasteiger partial charge in [0.05, 0.1) is 6.20 Å². The molecule has 24 heavy (non-hydrogen) atoms. The molecule has 0 radical (unpaired) electrons. The number of benzene rings is 1. The minimum Gasteiger partial charge on any atom is -0.432 e. The lowest BCUT2D eigenvalue weighted by atomic mass is 10.1. The van der Waals surface area contributed by atoms with Gasteiger partial charge in [0.1, 0.15) is 5.69 Å². The summed E-state index contributed by atoms with van der Waals surface area (Å²) in [4.78, 5) is 20.3. The monoisotopic (exact) mass is 316 g/mol. The normalized spacial score (nSPS) is 10.0. The molecule has 4 nitrogen and oxygen atoms in total. The minimum atomic E-state index is -0.112. The highest BCUT2D eigenvalue weighted by atomic mass is 16.4. The highest BCUT2D eigenvalue weighted by Crippen LogP contribution is 2.18. The maximum Gasteiger partial charge on any atom is 0.263 e. The Hall–Kier alpha value is -3.19. The van der Waals surface area contributed by atoms with Gasteiger partial charge >= 0.3 is 0 Å². The van der Waals surface area contributed by atoms with Gasteiger partial charge in [0.25, 0.3) is 5.89 Å². The van der Waals surface area contributed by atoms with Crippen LogP contribution in [0.4, 0.5) is 0 Å². The molecule has 118 valence electrons. The summed E-state index contributed by atoms with van der Waals surface area (Å²) in [7, 11) is 0.